The van der Waals surface area contributed by atoms with Crippen LogP contribution in [0.25, 0.3) is 11.3 Å². The molecule has 0 unspecified atom stereocenters. The maximum Gasteiger partial charge on any atom is 0.0954 e. The molecule has 21 heavy (non-hydrogen) atoms. The van der Waals surface area contributed by atoms with Crippen molar-refractivity contribution < 1.29 is 0 Å². The van der Waals surface area contributed by atoms with E-state index in [1.807, 2.05) is 18.0 Å². The van der Waals surface area contributed by atoms with Crippen LogP contribution in [0.3, 0.4) is 0 Å². The number of para-hydroxylation sites is 1. The molecular weight excluding hydrogens is 280 g/mol. The zero-order valence-corrected chi connectivity index (χ0v) is 12.7. The summed E-state index contributed by atoms with van der Waals surface area (Å²) in [6.07, 6.45) is 4.96. The molecule has 4 nitrogen and oxygen atoms in total. The summed E-state index contributed by atoms with van der Waals surface area (Å²) in [5.74, 6) is 0. The lowest BCUT2D eigenvalue weighted by molar-refractivity contribution is 0.809. The summed E-state index contributed by atoms with van der Waals surface area (Å²) in [5, 5.41) is 3.50. The van der Waals surface area contributed by atoms with Gasteiger partial charge in [0.1, 0.15) is 0 Å². The zero-order chi connectivity index (χ0) is 14.2. The van der Waals surface area contributed by atoms with E-state index >= 15 is 0 Å². The van der Waals surface area contributed by atoms with Crippen LogP contribution in [0.15, 0.2) is 36.2 Å². The van der Waals surface area contributed by atoms with Crippen LogP contribution in [-0.4, -0.2) is 21.1 Å². The van der Waals surface area contributed by atoms with E-state index in [4.69, 9.17) is 0 Å². The number of fused-ring (bicyclic) bond motifs is 1. The van der Waals surface area contributed by atoms with Crippen LogP contribution in [0.1, 0.15) is 16.1 Å². The molecule has 2 aromatic heterocycles. The minimum atomic E-state index is 0.829. The van der Waals surface area contributed by atoms with Gasteiger partial charge in [0.15, 0.2) is 0 Å². The van der Waals surface area contributed by atoms with Crippen molar-refractivity contribution in [2.45, 2.75) is 19.9 Å². The molecule has 1 aromatic carbocycles. The predicted octanol–water partition coefficient (Wildman–Crippen LogP) is 3.33. The Morgan fingerprint density at radius 2 is 2.33 bits per heavy atom. The van der Waals surface area contributed by atoms with Gasteiger partial charge in [0.05, 0.1) is 36.0 Å². The van der Waals surface area contributed by atoms with Gasteiger partial charge in [0.2, 0.25) is 0 Å². The first-order valence-corrected chi connectivity index (χ1v) is 7.96. The molecule has 0 bridgehead atoms. The van der Waals surface area contributed by atoms with Crippen LogP contribution < -0.4 is 5.32 Å². The fourth-order valence-corrected chi connectivity index (χ4v) is 3.63. The molecule has 0 radical (unpaired) electrons. The summed E-state index contributed by atoms with van der Waals surface area (Å²) in [5.41, 5.74) is 8.08. The molecule has 0 saturated heterocycles. The number of nitrogens with zero attached hydrogens (tertiary/aromatic N) is 3. The Morgan fingerprint density at radius 3 is 3.19 bits per heavy atom. The van der Waals surface area contributed by atoms with Crippen molar-refractivity contribution in [1.82, 2.24) is 14.5 Å². The summed E-state index contributed by atoms with van der Waals surface area (Å²) < 4.78 is 2.20. The van der Waals surface area contributed by atoms with E-state index in [9.17, 15) is 0 Å². The predicted molar refractivity (Wildman–Crippen MR) is 85.8 cm³/mol. The number of imidazole rings is 1. The molecule has 0 amide bonds. The largest absolute Gasteiger partial charge is 0.384 e. The molecule has 0 saturated carbocycles. The maximum atomic E-state index is 4.35. The molecule has 106 valence electrons. The molecule has 3 aromatic rings. The summed E-state index contributed by atoms with van der Waals surface area (Å²) in [7, 11) is 0. The molecule has 0 aliphatic carbocycles. The van der Waals surface area contributed by atoms with Gasteiger partial charge in [0.25, 0.3) is 0 Å². The van der Waals surface area contributed by atoms with E-state index in [2.05, 4.69) is 45.0 Å². The van der Waals surface area contributed by atoms with Crippen LogP contribution in [0, 0.1) is 6.92 Å². The van der Waals surface area contributed by atoms with Crippen LogP contribution in [-0.2, 0) is 13.0 Å². The maximum absolute atomic E-state index is 4.35. The molecule has 0 atom stereocenters. The smallest absolute Gasteiger partial charge is 0.0954 e. The van der Waals surface area contributed by atoms with Crippen molar-refractivity contribution in [1.29, 1.82) is 0 Å². The number of thiazole rings is 1. The van der Waals surface area contributed by atoms with Crippen LogP contribution in [0.4, 0.5) is 5.69 Å². The number of rotatable bonds is 3. The zero-order valence-electron chi connectivity index (χ0n) is 11.8. The molecule has 1 N–H and O–H groups in total. The Kier molecular flexibility index (Phi) is 3.00. The Hall–Kier alpha value is -2.14. The molecular formula is C16H16N4S. The highest BCUT2D eigenvalue weighted by Crippen LogP contribution is 2.34. The third kappa shape index (κ3) is 2.14. The van der Waals surface area contributed by atoms with E-state index in [0.29, 0.717) is 0 Å². The topological polar surface area (TPSA) is 42.7 Å². The molecule has 4 rings (SSSR count). The van der Waals surface area contributed by atoms with Gasteiger partial charge in [-0.2, -0.15) is 0 Å². The standard InChI is InChI=1S/C16H16N4S/c1-11-15(21-10-19-11)8-20-9-17-7-14(20)13-4-2-3-12-5-6-18-16(12)13/h2-4,7,9-10,18H,5-6,8H2,1H3. The Morgan fingerprint density at radius 1 is 1.38 bits per heavy atom. The van der Waals surface area contributed by atoms with Crippen LogP contribution >= 0.6 is 11.3 Å². The van der Waals surface area contributed by atoms with Crippen LogP contribution in [0.2, 0.25) is 0 Å². The van der Waals surface area contributed by atoms with Gasteiger partial charge in [-0.15, -0.1) is 11.3 Å². The number of benzene rings is 1. The quantitative estimate of drug-likeness (QED) is 0.806. The Bertz CT molecular complexity index is 787. The van der Waals surface area contributed by atoms with E-state index < -0.39 is 0 Å². The number of nitrogens with one attached hydrogen (secondary N) is 1. The van der Waals surface area contributed by atoms with Gasteiger partial charge in [-0.25, -0.2) is 9.97 Å². The number of anilines is 1. The van der Waals surface area contributed by atoms with Crippen molar-refractivity contribution in [2.75, 3.05) is 11.9 Å². The van der Waals surface area contributed by atoms with Gasteiger partial charge in [0, 0.05) is 22.7 Å². The third-order valence-electron chi connectivity index (χ3n) is 3.99. The second-order valence-electron chi connectivity index (χ2n) is 5.28. The summed E-state index contributed by atoms with van der Waals surface area (Å²) in [6, 6.07) is 6.51. The van der Waals surface area contributed by atoms with Crippen molar-refractivity contribution in [3.63, 3.8) is 0 Å². The first kappa shape index (κ1) is 12.6. The highest BCUT2D eigenvalue weighted by atomic mass is 32.1. The minimum absolute atomic E-state index is 0.829. The van der Waals surface area contributed by atoms with Crippen molar-refractivity contribution in [3.05, 3.63) is 52.4 Å². The van der Waals surface area contributed by atoms with E-state index in [1.54, 1.807) is 11.3 Å². The average molecular weight is 296 g/mol. The highest BCUT2D eigenvalue weighted by Gasteiger charge is 2.17. The fraction of sp³-hybridized carbons (Fsp3) is 0.250. The molecule has 1 aliphatic heterocycles. The molecule has 3 heterocycles. The van der Waals surface area contributed by atoms with Crippen molar-refractivity contribution >= 4 is 17.0 Å². The Balaban J connectivity index is 1.76. The second kappa shape index (κ2) is 5.00. The summed E-state index contributed by atoms with van der Waals surface area (Å²) >= 11 is 1.70. The van der Waals surface area contributed by atoms with Crippen LogP contribution in [0.5, 0.6) is 0 Å². The lowest BCUT2D eigenvalue weighted by Gasteiger charge is -2.11. The minimum Gasteiger partial charge on any atom is -0.384 e. The van der Waals surface area contributed by atoms with E-state index in [1.165, 1.54) is 21.7 Å². The number of hydrogen-bond donors (Lipinski definition) is 1. The number of aromatic nitrogens is 3. The normalized spacial score (nSPS) is 13.2. The molecule has 1 aliphatic rings. The van der Waals surface area contributed by atoms with Gasteiger partial charge in [-0.05, 0) is 18.9 Å². The van der Waals surface area contributed by atoms with Gasteiger partial charge >= 0.3 is 0 Å². The first-order chi connectivity index (χ1) is 10.3. The summed E-state index contributed by atoms with van der Waals surface area (Å²) in [4.78, 5) is 9.97. The number of hydrogen-bond acceptors (Lipinski definition) is 4. The lowest BCUT2D eigenvalue weighted by atomic mass is 10.1. The van der Waals surface area contributed by atoms with Gasteiger partial charge in [-0.1, -0.05) is 18.2 Å². The number of aryl methyl sites for hydroxylation is 1. The fourth-order valence-electron chi connectivity index (χ4n) is 2.86. The second-order valence-corrected chi connectivity index (χ2v) is 6.22. The van der Waals surface area contributed by atoms with Gasteiger partial charge < -0.3 is 9.88 Å². The highest BCUT2D eigenvalue weighted by molar-refractivity contribution is 7.09. The molecule has 5 heteroatoms. The SMILES string of the molecule is Cc1ncsc1Cn1cncc1-c1cccc2c1NCC2. The average Bonchev–Trinajstić information content (AvgIpc) is 3.21. The monoisotopic (exact) mass is 296 g/mol. The third-order valence-corrected chi connectivity index (χ3v) is 4.91. The van der Waals surface area contributed by atoms with E-state index in [0.717, 1.165) is 30.9 Å². The molecule has 0 spiro atoms. The van der Waals surface area contributed by atoms with E-state index in [-0.39, 0.29) is 0 Å². The first-order valence-electron chi connectivity index (χ1n) is 7.08. The lowest BCUT2D eigenvalue weighted by Crippen LogP contribution is -2.02. The Labute approximate surface area is 127 Å². The van der Waals surface area contributed by atoms with Crippen molar-refractivity contribution in [2.24, 2.45) is 0 Å². The summed E-state index contributed by atoms with van der Waals surface area (Å²) in [6.45, 7) is 3.91. The molecule has 0 fully saturated rings. The van der Waals surface area contributed by atoms with Crippen molar-refractivity contribution in [3.8, 4) is 11.3 Å². The van der Waals surface area contributed by atoms with Gasteiger partial charge in [-0.3, -0.25) is 0 Å².